The van der Waals surface area contributed by atoms with E-state index in [1.165, 1.54) is 12.7 Å². The molecule has 0 aliphatic carbocycles. The first-order chi connectivity index (χ1) is 57.2. The number of ether oxygens (including phenoxy) is 5. The lowest BCUT2D eigenvalue weighted by atomic mass is 9.78. The maximum absolute atomic E-state index is 14.1. The third-order valence-corrected chi connectivity index (χ3v) is 22.8. The zero-order chi connectivity index (χ0) is 96.7. The van der Waals surface area contributed by atoms with Crippen LogP contribution in [0.15, 0.2) is 72.8 Å². The third kappa shape index (κ3) is 33.6. The minimum absolute atomic E-state index is 0.0629. The van der Waals surface area contributed by atoms with E-state index >= 15 is 0 Å². The fourth-order valence-electron chi connectivity index (χ4n) is 15.2. The highest BCUT2D eigenvalue weighted by molar-refractivity contribution is 5.76. The minimum atomic E-state index is -1.58. The summed E-state index contributed by atoms with van der Waals surface area (Å²) < 4.78 is 29.1. The van der Waals surface area contributed by atoms with Crippen LogP contribution in [0.1, 0.15) is 381 Å². The van der Waals surface area contributed by atoms with Gasteiger partial charge in [0.1, 0.15) is 72.1 Å². The number of hydrogen-bond donors (Lipinski definition) is 6. The number of aryl methyl sites for hydroxylation is 6. The molecule has 0 aliphatic rings. The van der Waals surface area contributed by atoms with E-state index in [1.807, 2.05) is 227 Å². The van der Waals surface area contributed by atoms with Crippen LogP contribution in [0, 0.1) is 17.3 Å². The Morgan fingerprint density at radius 1 is 0.254 bits per heavy atom. The molecule has 0 bridgehead atoms. The van der Waals surface area contributed by atoms with Gasteiger partial charge in [0.15, 0.2) is 0 Å². The zero-order valence-electron chi connectivity index (χ0n) is 84.5. The highest BCUT2D eigenvalue weighted by Crippen LogP contribution is 2.47. The normalized spacial score (nSPS) is 12.7. The number of hydrogen-bond acceptors (Lipinski definition) is 17. The first kappa shape index (κ1) is 109. The van der Waals surface area contributed by atoms with Crippen molar-refractivity contribution in [2.75, 3.05) is 33.5 Å². The molecule has 6 aromatic carbocycles. The van der Waals surface area contributed by atoms with Crippen molar-refractivity contribution in [3.63, 3.8) is 0 Å². The highest BCUT2D eigenvalue weighted by Gasteiger charge is 2.40. The first-order valence-electron chi connectivity index (χ1n) is 45.6. The SMILES string of the molecule is CC(=O)CCc1cc(CC(C)C)c(O)c(CC(C)C)c1.CC(C)(C)c1cc(CCC(=O)OCC(COC(=O)CCc2cc(C(C)(C)C)c(O)c(C(C)(C)C)c2)(COC(=O)CCc2cc(C(C)(C)C)c(O)c(C(C)(C)C)c2)COC(=O)CCc2cc(C(C)(C)C)c(O)c(C(C)(C)C)c2)cc(C(C)(C)C)c1O.COC(=O)CCc1cc(C(C)(C)C)c(O)c(C(C)(C)C)c1. The summed E-state index contributed by atoms with van der Waals surface area (Å²) in [5.74, 6) is 0.366. The van der Waals surface area contributed by atoms with E-state index in [4.69, 9.17) is 23.7 Å². The number of carbonyl (C=O) groups excluding carboxylic acids is 6. The number of Topliss-reactive ketones (excluding diaryl/α,β-unsaturated/α-hetero) is 1. The largest absolute Gasteiger partial charge is 0.507 e. The van der Waals surface area contributed by atoms with Gasteiger partial charge in [0.2, 0.25) is 0 Å². The standard InChI is InChI=1S/C73H108O12.C18H28O3.C18H28O2/c1-65(2,3)49-33-45(34-50(61(49)78)66(4,5)6)25-29-57(74)82-41-73(42-83-58(75)30-26-46-35-51(67(7,8)9)62(79)52(36-46)68(10,11)12,43-84-59(76)31-27-47-37-53(69(13,14)15)63(80)54(38-47)70(16,17)18)44-85-60(77)32-28-48-39-55(71(19,20)21)64(81)56(40-48)72(22,23)24;1-17(2,3)13-10-12(8-9-15(19)21-7)11-14(16(13)20)18(4,5)6;1-12(2)8-16-10-15(7-6-14(5)19)11-17(18(16)20)9-13(3)4/h33-40,78-81H,25-32,41-44H2,1-24H3;10-11,20H,8-9H2,1-7H3;10-13,20H,6-9H2,1-5H3. The van der Waals surface area contributed by atoms with Gasteiger partial charge >= 0.3 is 29.8 Å². The smallest absolute Gasteiger partial charge is 0.306 e. The lowest BCUT2D eigenvalue weighted by molar-refractivity contribution is -0.170. The van der Waals surface area contributed by atoms with Gasteiger partial charge in [0.25, 0.3) is 0 Å². The van der Waals surface area contributed by atoms with Crippen LogP contribution in [0.5, 0.6) is 34.5 Å². The summed E-state index contributed by atoms with van der Waals surface area (Å²) in [6, 6.07) is 23.5. The summed E-state index contributed by atoms with van der Waals surface area (Å²) in [6.45, 7) is 69.5. The van der Waals surface area contributed by atoms with Gasteiger partial charge in [-0.3, -0.25) is 24.0 Å². The topological polar surface area (TPSA) is 270 Å². The zero-order valence-corrected chi connectivity index (χ0v) is 84.5. The van der Waals surface area contributed by atoms with Crippen molar-refractivity contribution >= 4 is 35.6 Å². The van der Waals surface area contributed by atoms with E-state index in [1.54, 1.807) is 6.92 Å². The van der Waals surface area contributed by atoms with Crippen molar-refractivity contribution < 1.29 is 83.1 Å². The summed E-state index contributed by atoms with van der Waals surface area (Å²) in [5, 5.41) is 66.7. The maximum atomic E-state index is 14.1. The predicted molar refractivity (Wildman–Crippen MR) is 512 cm³/mol. The molecule has 0 heterocycles. The Labute approximate surface area is 759 Å². The summed E-state index contributed by atoms with van der Waals surface area (Å²) in [7, 11) is 1.40. The molecule has 6 N–H and O–H groups in total. The second kappa shape index (κ2) is 43.5. The number of methoxy groups -OCH3 is 1. The van der Waals surface area contributed by atoms with E-state index in [9.17, 15) is 59.4 Å². The number of benzene rings is 6. The first-order valence-corrected chi connectivity index (χ1v) is 45.6. The fourth-order valence-corrected chi connectivity index (χ4v) is 15.2. The summed E-state index contributed by atoms with van der Waals surface area (Å²) in [6.07, 6.45) is 4.94. The average Bonchev–Trinajstić information content (AvgIpc) is 0.734. The van der Waals surface area contributed by atoms with Crippen LogP contribution in [0.2, 0.25) is 0 Å². The molecule has 126 heavy (non-hydrogen) atoms. The van der Waals surface area contributed by atoms with Crippen molar-refractivity contribution in [3.8, 4) is 34.5 Å². The van der Waals surface area contributed by atoms with Gasteiger partial charge in [-0.1, -0.05) is 308 Å². The number of ketones is 1. The average molecular weight is 1750 g/mol. The summed E-state index contributed by atoms with van der Waals surface area (Å²) >= 11 is 0. The van der Waals surface area contributed by atoms with E-state index in [2.05, 4.69) is 81.4 Å². The van der Waals surface area contributed by atoms with Gasteiger partial charge in [0, 0.05) is 38.5 Å². The fraction of sp³-hybridized carbons (Fsp3) is 0.615. The Balaban J connectivity index is 0.000000654. The molecule has 702 valence electrons. The van der Waals surface area contributed by atoms with Gasteiger partial charge in [-0.2, -0.15) is 0 Å². The van der Waals surface area contributed by atoms with Crippen LogP contribution in [-0.2, 0) is 158 Å². The van der Waals surface area contributed by atoms with Crippen LogP contribution in [0.25, 0.3) is 0 Å². The predicted octanol–water partition coefficient (Wildman–Crippen LogP) is 24.3. The molecule has 0 amide bonds. The molecule has 0 aromatic heterocycles. The monoisotopic (exact) mass is 1750 g/mol. The lowest BCUT2D eigenvalue weighted by Gasteiger charge is -2.32. The molecular weight excluding hydrogens is 1580 g/mol. The van der Waals surface area contributed by atoms with E-state index in [0.29, 0.717) is 42.6 Å². The molecule has 0 atom stereocenters. The molecule has 0 fully saturated rings. The summed E-state index contributed by atoms with van der Waals surface area (Å²) in [5.41, 5.74) is 10.5. The molecule has 0 spiro atoms. The van der Waals surface area contributed by atoms with Gasteiger partial charge < -0.3 is 59.1 Å². The van der Waals surface area contributed by atoms with Crippen LogP contribution < -0.4 is 0 Å². The maximum Gasteiger partial charge on any atom is 0.306 e. The molecule has 6 aromatic rings. The van der Waals surface area contributed by atoms with Gasteiger partial charge in [-0.05, 0) is 224 Å². The van der Waals surface area contributed by atoms with E-state index in [-0.39, 0.29) is 96.9 Å². The number of esters is 5. The molecule has 17 nitrogen and oxygen atoms in total. The van der Waals surface area contributed by atoms with E-state index in [0.717, 1.165) is 114 Å². The van der Waals surface area contributed by atoms with Gasteiger partial charge in [-0.15, -0.1) is 0 Å². The molecule has 0 saturated heterocycles. The Hall–Kier alpha value is -8.86. The molecule has 0 radical (unpaired) electrons. The number of phenolic OH excluding ortho intramolecular Hbond substituents is 6. The number of aromatic hydroxyl groups is 6. The van der Waals surface area contributed by atoms with Gasteiger partial charge in [-0.25, -0.2) is 0 Å². The number of carbonyl (C=O) groups is 6. The van der Waals surface area contributed by atoms with Crippen molar-refractivity contribution in [1.29, 1.82) is 0 Å². The second-order valence-electron chi connectivity index (χ2n) is 46.6. The van der Waals surface area contributed by atoms with Crippen molar-refractivity contribution in [2.24, 2.45) is 17.3 Å². The van der Waals surface area contributed by atoms with Crippen molar-refractivity contribution in [2.45, 2.75) is 386 Å². The second-order valence-corrected chi connectivity index (χ2v) is 46.6. The summed E-state index contributed by atoms with van der Waals surface area (Å²) in [4.78, 5) is 78.9. The molecule has 0 saturated carbocycles. The molecule has 0 unspecified atom stereocenters. The molecule has 17 heteroatoms. The quantitative estimate of drug-likeness (QED) is 0.0181. The van der Waals surface area contributed by atoms with Crippen LogP contribution in [-0.4, -0.2) is 99.8 Å². The third-order valence-electron chi connectivity index (χ3n) is 22.8. The van der Waals surface area contributed by atoms with Crippen LogP contribution in [0.3, 0.4) is 0 Å². The Bertz CT molecular complexity index is 4100. The van der Waals surface area contributed by atoms with E-state index < -0.39 is 99.0 Å². The Morgan fingerprint density at radius 3 is 0.563 bits per heavy atom. The molecule has 0 aliphatic heterocycles. The Morgan fingerprint density at radius 2 is 0.413 bits per heavy atom. The minimum Gasteiger partial charge on any atom is -0.507 e. The highest BCUT2D eigenvalue weighted by atomic mass is 16.6. The molecular formula is C109H164O17. The molecule has 6 rings (SSSR count). The lowest BCUT2D eigenvalue weighted by Crippen LogP contribution is -2.44. The number of rotatable bonds is 30. The number of phenols is 6. The van der Waals surface area contributed by atoms with Crippen LogP contribution in [0.4, 0.5) is 0 Å². The van der Waals surface area contributed by atoms with Crippen molar-refractivity contribution in [3.05, 3.63) is 173 Å². The van der Waals surface area contributed by atoms with Crippen molar-refractivity contribution in [1.82, 2.24) is 0 Å². The van der Waals surface area contributed by atoms with Gasteiger partial charge in [0.05, 0.1) is 7.11 Å². The Kier molecular flexibility index (Phi) is 37.8. The van der Waals surface area contributed by atoms with Crippen LogP contribution >= 0.6 is 0 Å².